The zero-order chi connectivity index (χ0) is 14.4. The van der Waals surface area contributed by atoms with E-state index >= 15 is 0 Å². The Bertz CT molecular complexity index is 556. The van der Waals surface area contributed by atoms with Gasteiger partial charge in [0.2, 0.25) is 0 Å². The van der Waals surface area contributed by atoms with Crippen molar-refractivity contribution in [3.05, 3.63) is 40.6 Å². The smallest absolute Gasteiger partial charge is 0.269 e. The highest BCUT2D eigenvalue weighted by Crippen LogP contribution is 2.18. The molecule has 106 valence electrons. The Morgan fingerprint density at radius 3 is 2.95 bits per heavy atom. The minimum atomic E-state index is -0.149. The number of pyridine rings is 1. The largest absolute Gasteiger partial charge is 0.384 e. The molecule has 1 amide bonds. The zero-order valence-electron chi connectivity index (χ0n) is 11.6. The van der Waals surface area contributed by atoms with Gasteiger partial charge < -0.3 is 10.6 Å². The maximum atomic E-state index is 11.7. The second kappa shape index (κ2) is 7.00. The molecule has 6 heteroatoms. The fourth-order valence-corrected chi connectivity index (χ4v) is 2.45. The number of carbonyl (C=O) groups excluding carboxylic acids is 1. The number of hydrogen-bond donors (Lipinski definition) is 2. The molecule has 0 spiro atoms. The number of nitrogens with one attached hydrogen (secondary N) is 2. The summed E-state index contributed by atoms with van der Waals surface area (Å²) in [5.74, 6) is 0.181. The minimum absolute atomic E-state index is 0.149. The van der Waals surface area contributed by atoms with Crippen LogP contribution in [-0.2, 0) is 0 Å². The van der Waals surface area contributed by atoms with Gasteiger partial charge in [0.25, 0.3) is 5.91 Å². The first-order valence-corrected chi connectivity index (χ1v) is 7.46. The van der Waals surface area contributed by atoms with Crippen molar-refractivity contribution in [2.75, 3.05) is 18.4 Å². The summed E-state index contributed by atoms with van der Waals surface area (Å²) in [5, 5.41) is 9.14. The van der Waals surface area contributed by atoms with Crippen LogP contribution in [0.25, 0.3) is 0 Å². The summed E-state index contributed by atoms with van der Waals surface area (Å²) in [6, 6.07) is 3.62. The summed E-state index contributed by atoms with van der Waals surface area (Å²) >= 11 is 1.65. The van der Waals surface area contributed by atoms with Gasteiger partial charge in [0.15, 0.2) is 0 Å². The van der Waals surface area contributed by atoms with E-state index < -0.39 is 0 Å². The third-order valence-corrected chi connectivity index (χ3v) is 3.82. The van der Waals surface area contributed by atoms with Crippen molar-refractivity contribution in [1.82, 2.24) is 15.3 Å². The number of anilines is 1. The van der Waals surface area contributed by atoms with E-state index in [9.17, 15) is 4.79 Å². The van der Waals surface area contributed by atoms with Crippen molar-refractivity contribution in [1.29, 1.82) is 0 Å². The van der Waals surface area contributed by atoms with E-state index in [0.717, 1.165) is 17.2 Å². The first-order valence-electron chi connectivity index (χ1n) is 6.58. The number of thiazole rings is 1. The van der Waals surface area contributed by atoms with Gasteiger partial charge in [-0.25, -0.2) is 4.98 Å². The quantitative estimate of drug-likeness (QED) is 0.858. The second-order valence-corrected chi connectivity index (χ2v) is 5.37. The minimum Gasteiger partial charge on any atom is -0.384 e. The van der Waals surface area contributed by atoms with E-state index in [1.165, 1.54) is 0 Å². The summed E-state index contributed by atoms with van der Waals surface area (Å²) in [6.45, 7) is 5.37. The Labute approximate surface area is 122 Å². The van der Waals surface area contributed by atoms with E-state index in [1.807, 2.05) is 24.6 Å². The molecule has 2 aromatic heterocycles. The van der Waals surface area contributed by atoms with Crippen LogP contribution in [0.2, 0.25) is 0 Å². The number of aromatic nitrogens is 2. The lowest BCUT2D eigenvalue weighted by atomic mass is 10.2. The molecule has 2 N–H and O–H groups in total. The first-order chi connectivity index (χ1) is 9.70. The second-order valence-electron chi connectivity index (χ2n) is 4.44. The molecule has 0 aromatic carbocycles. The molecule has 0 aliphatic heterocycles. The molecule has 0 radical (unpaired) electrons. The Hall–Kier alpha value is -1.95. The van der Waals surface area contributed by atoms with Gasteiger partial charge in [0.05, 0.1) is 5.01 Å². The van der Waals surface area contributed by atoms with Gasteiger partial charge in [-0.1, -0.05) is 6.92 Å². The first kappa shape index (κ1) is 14.5. The van der Waals surface area contributed by atoms with Crippen LogP contribution in [0.1, 0.15) is 35.3 Å². The molecule has 0 saturated heterocycles. The fraction of sp³-hybridized carbons (Fsp3) is 0.357. The highest BCUT2D eigenvalue weighted by molar-refractivity contribution is 7.09. The van der Waals surface area contributed by atoms with Gasteiger partial charge in [-0.15, -0.1) is 11.3 Å². The van der Waals surface area contributed by atoms with E-state index in [-0.39, 0.29) is 5.91 Å². The number of nitrogens with zero attached hydrogens (tertiary/aromatic N) is 2. The predicted molar refractivity (Wildman–Crippen MR) is 81.3 cm³/mol. The van der Waals surface area contributed by atoms with Crippen LogP contribution in [0.15, 0.2) is 29.9 Å². The van der Waals surface area contributed by atoms with Gasteiger partial charge >= 0.3 is 0 Å². The molecular weight excluding hydrogens is 272 g/mol. The summed E-state index contributed by atoms with van der Waals surface area (Å²) in [6.07, 6.45) is 3.46. The van der Waals surface area contributed by atoms with Crippen molar-refractivity contribution in [3.63, 3.8) is 0 Å². The molecular formula is C14H18N4OS. The molecule has 20 heavy (non-hydrogen) atoms. The summed E-state index contributed by atoms with van der Waals surface area (Å²) < 4.78 is 0. The number of rotatable bonds is 6. The zero-order valence-corrected chi connectivity index (χ0v) is 12.4. The van der Waals surface area contributed by atoms with Crippen molar-refractivity contribution in [3.8, 4) is 0 Å². The van der Waals surface area contributed by atoms with E-state index in [4.69, 9.17) is 0 Å². The SMILES string of the molecule is CCNC(=O)c1cc(NCC(C)c2nccs2)ccn1. The van der Waals surface area contributed by atoms with Crippen LogP contribution in [0.3, 0.4) is 0 Å². The monoisotopic (exact) mass is 290 g/mol. The highest BCUT2D eigenvalue weighted by Gasteiger charge is 2.09. The standard InChI is InChI=1S/C14H18N4OS/c1-3-15-13(19)12-8-11(4-5-16-12)18-9-10(2)14-17-6-7-20-14/h4-8,10H,3,9H2,1-2H3,(H,15,19)(H,16,18). The molecule has 2 heterocycles. The molecule has 2 rings (SSSR count). The lowest BCUT2D eigenvalue weighted by Crippen LogP contribution is -2.23. The van der Waals surface area contributed by atoms with Crippen LogP contribution < -0.4 is 10.6 Å². The fourth-order valence-electron chi connectivity index (χ4n) is 1.75. The van der Waals surface area contributed by atoms with Crippen LogP contribution in [0.5, 0.6) is 0 Å². The molecule has 0 bridgehead atoms. The Morgan fingerprint density at radius 2 is 2.25 bits per heavy atom. The van der Waals surface area contributed by atoms with Gasteiger partial charge in [-0.2, -0.15) is 0 Å². The normalized spacial score (nSPS) is 11.9. The number of amides is 1. The predicted octanol–water partition coefficient (Wildman–Crippen LogP) is 2.50. The van der Waals surface area contributed by atoms with Crippen molar-refractivity contribution < 1.29 is 4.79 Å². The highest BCUT2D eigenvalue weighted by atomic mass is 32.1. The molecule has 0 fully saturated rings. The maximum Gasteiger partial charge on any atom is 0.269 e. The molecule has 0 aliphatic carbocycles. The van der Waals surface area contributed by atoms with Crippen molar-refractivity contribution in [2.45, 2.75) is 19.8 Å². The van der Waals surface area contributed by atoms with Gasteiger partial charge in [-0.3, -0.25) is 9.78 Å². The summed E-state index contributed by atoms with van der Waals surface area (Å²) in [4.78, 5) is 20.1. The topological polar surface area (TPSA) is 66.9 Å². The Kier molecular flexibility index (Phi) is 5.06. The number of carbonyl (C=O) groups is 1. The van der Waals surface area contributed by atoms with Gasteiger partial charge in [-0.05, 0) is 19.1 Å². The molecule has 0 saturated carbocycles. The molecule has 5 nitrogen and oxygen atoms in total. The molecule has 1 unspecified atom stereocenters. The van der Waals surface area contributed by atoms with Crippen molar-refractivity contribution >= 4 is 22.9 Å². The average molecular weight is 290 g/mol. The molecule has 1 atom stereocenters. The third kappa shape index (κ3) is 3.77. The summed E-state index contributed by atoms with van der Waals surface area (Å²) in [7, 11) is 0. The summed E-state index contributed by atoms with van der Waals surface area (Å²) in [5.41, 5.74) is 1.32. The van der Waals surface area contributed by atoms with Crippen LogP contribution in [0.4, 0.5) is 5.69 Å². The Balaban J connectivity index is 1.96. The van der Waals surface area contributed by atoms with E-state index in [1.54, 1.807) is 23.6 Å². The molecule has 2 aromatic rings. The lowest BCUT2D eigenvalue weighted by Gasteiger charge is -2.11. The average Bonchev–Trinajstić information content (AvgIpc) is 2.99. The van der Waals surface area contributed by atoms with E-state index in [2.05, 4.69) is 27.5 Å². The number of hydrogen-bond acceptors (Lipinski definition) is 5. The lowest BCUT2D eigenvalue weighted by molar-refractivity contribution is 0.0951. The maximum absolute atomic E-state index is 11.7. The van der Waals surface area contributed by atoms with E-state index in [0.29, 0.717) is 18.2 Å². The Morgan fingerprint density at radius 1 is 1.40 bits per heavy atom. The van der Waals surface area contributed by atoms with Gasteiger partial charge in [0.1, 0.15) is 5.69 Å². The molecule has 0 aliphatic rings. The van der Waals surface area contributed by atoms with Gasteiger partial charge in [0, 0.05) is 42.5 Å². The van der Waals surface area contributed by atoms with Crippen LogP contribution in [0, 0.1) is 0 Å². The van der Waals surface area contributed by atoms with Crippen molar-refractivity contribution in [2.24, 2.45) is 0 Å². The van der Waals surface area contributed by atoms with Crippen LogP contribution >= 0.6 is 11.3 Å². The third-order valence-electron chi connectivity index (χ3n) is 2.82. The van der Waals surface area contributed by atoms with Crippen LogP contribution in [-0.4, -0.2) is 29.0 Å².